The summed E-state index contributed by atoms with van der Waals surface area (Å²) in [6.45, 7) is 1.64. The zero-order chi connectivity index (χ0) is 33.0. The van der Waals surface area contributed by atoms with E-state index in [1.54, 1.807) is 49.6 Å². The van der Waals surface area contributed by atoms with Crippen LogP contribution in [0, 0.1) is 0 Å². The van der Waals surface area contributed by atoms with Crippen LogP contribution in [0.2, 0.25) is 0 Å². The number of amides is 1. The van der Waals surface area contributed by atoms with E-state index in [2.05, 4.69) is 17.4 Å². The van der Waals surface area contributed by atoms with E-state index in [1.807, 2.05) is 54.6 Å². The predicted octanol–water partition coefficient (Wildman–Crippen LogP) is 7.10. The fraction of sp³-hybridized carbons (Fsp3) is 0.154. The van der Waals surface area contributed by atoms with E-state index in [4.69, 9.17) is 23.7 Å². The average Bonchev–Trinajstić information content (AvgIpc) is 3.59. The molecule has 2 atom stereocenters. The Bertz CT molecular complexity index is 2100. The molecule has 5 aromatic rings. The molecule has 48 heavy (non-hydrogen) atoms. The number of hydrogen-bond acceptors (Lipinski definition) is 8. The Morgan fingerprint density at radius 1 is 0.771 bits per heavy atom. The summed E-state index contributed by atoms with van der Waals surface area (Å²) in [5.74, 6) is 0.237. The van der Waals surface area contributed by atoms with Gasteiger partial charge in [-0.25, -0.2) is 14.4 Å². The Balaban J connectivity index is 0.995. The molecule has 0 bridgehead atoms. The molecule has 2 aliphatic heterocycles. The molecule has 0 aromatic heterocycles. The third kappa shape index (κ3) is 4.58. The maximum Gasteiger partial charge on any atom is 0.407 e. The van der Waals surface area contributed by atoms with Crippen LogP contribution >= 0.6 is 0 Å². The number of rotatable bonds is 6. The number of carbonyl (C=O) groups excluding carboxylic acids is 3. The molecule has 1 amide bonds. The zero-order valence-corrected chi connectivity index (χ0v) is 26.0. The first kappa shape index (κ1) is 29.3. The van der Waals surface area contributed by atoms with Crippen molar-refractivity contribution in [1.29, 1.82) is 0 Å². The number of fused-ring (bicyclic) bond motifs is 9. The number of nitrogens with one attached hydrogen (secondary N) is 1. The molecule has 1 spiro atoms. The van der Waals surface area contributed by atoms with Gasteiger partial charge in [0.2, 0.25) is 0 Å². The minimum absolute atomic E-state index is 0.111. The maximum absolute atomic E-state index is 13.1. The topological polar surface area (TPSA) is 109 Å². The van der Waals surface area contributed by atoms with Crippen molar-refractivity contribution in [3.8, 4) is 34.1 Å². The molecule has 9 heteroatoms. The maximum atomic E-state index is 13.1. The lowest BCUT2D eigenvalue weighted by Gasteiger charge is -2.36. The van der Waals surface area contributed by atoms with Gasteiger partial charge in [-0.3, -0.25) is 0 Å². The van der Waals surface area contributed by atoms with Crippen molar-refractivity contribution < 1.29 is 38.1 Å². The Kier molecular flexibility index (Phi) is 6.91. The Morgan fingerprint density at radius 2 is 1.35 bits per heavy atom. The number of hydrogen-bond donors (Lipinski definition) is 1. The molecule has 9 nitrogen and oxygen atoms in total. The highest BCUT2D eigenvalue weighted by atomic mass is 16.6. The van der Waals surface area contributed by atoms with Crippen LogP contribution in [0.5, 0.6) is 23.0 Å². The Labute approximate surface area is 276 Å². The summed E-state index contributed by atoms with van der Waals surface area (Å²) in [7, 11) is 1.55. The van der Waals surface area contributed by atoms with Crippen molar-refractivity contribution in [2.45, 2.75) is 24.5 Å². The standard InChI is InChI=1S/C39H29NO8/c1-22(40-38(43)45-21-30-27-11-5-3-9-25(27)26-10-4-6-12-28(26)30)36(41)46-24-16-18-33-35(20-24)47-34-19-23(44-2)15-17-32(34)39(33)31-14-8-7-13-29(31)37(42)48-39/h3-20,22,30H,21H2,1-2H3,(H,40,43)/t22-,39?/m0/s1. The minimum Gasteiger partial charge on any atom is -0.497 e. The zero-order valence-electron chi connectivity index (χ0n) is 26.0. The van der Waals surface area contributed by atoms with Gasteiger partial charge < -0.3 is 29.0 Å². The largest absolute Gasteiger partial charge is 0.497 e. The molecular weight excluding hydrogens is 610 g/mol. The first-order valence-electron chi connectivity index (χ1n) is 15.5. The lowest BCUT2D eigenvalue weighted by Crippen LogP contribution is -2.41. The third-order valence-corrected chi connectivity index (χ3v) is 9.14. The van der Waals surface area contributed by atoms with Gasteiger partial charge in [0.05, 0.1) is 12.7 Å². The van der Waals surface area contributed by atoms with Gasteiger partial charge in [-0.2, -0.15) is 0 Å². The van der Waals surface area contributed by atoms with E-state index in [-0.39, 0.29) is 18.3 Å². The van der Waals surface area contributed by atoms with Crippen molar-refractivity contribution in [2.75, 3.05) is 13.7 Å². The molecule has 238 valence electrons. The van der Waals surface area contributed by atoms with E-state index in [9.17, 15) is 14.4 Å². The molecule has 3 aliphatic rings. The molecule has 1 unspecified atom stereocenters. The van der Waals surface area contributed by atoms with Crippen LogP contribution in [0.25, 0.3) is 11.1 Å². The van der Waals surface area contributed by atoms with Gasteiger partial charge in [0.25, 0.3) is 0 Å². The predicted molar refractivity (Wildman–Crippen MR) is 175 cm³/mol. The number of alkyl carbamates (subject to hydrolysis) is 1. The smallest absolute Gasteiger partial charge is 0.407 e. The summed E-state index contributed by atoms with van der Waals surface area (Å²) in [4.78, 5) is 39.0. The van der Waals surface area contributed by atoms with Gasteiger partial charge in [0.15, 0.2) is 5.60 Å². The van der Waals surface area contributed by atoms with Crippen LogP contribution < -0.4 is 19.5 Å². The molecule has 1 N–H and O–H groups in total. The molecule has 5 aromatic carbocycles. The van der Waals surface area contributed by atoms with Gasteiger partial charge in [0.1, 0.15) is 35.6 Å². The summed E-state index contributed by atoms with van der Waals surface area (Å²) in [6, 6.07) is 32.5. The second-order valence-electron chi connectivity index (χ2n) is 11.9. The highest BCUT2D eigenvalue weighted by Gasteiger charge is 2.53. The molecule has 1 aliphatic carbocycles. The van der Waals surface area contributed by atoms with Crippen LogP contribution in [-0.4, -0.2) is 37.8 Å². The lowest BCUT2D eigenvalue weighted by atomic mass is 9.77. The summed E-state index contributed by atoms with van der Waals surface area (Å²) in [5.41, 5.74) is 5.49. The fourth-order valence-electron chi connectivity index (χ4n) is 6.91. The number of carbonyl (C=O) groups is 3. The highest BCUT2D eigenvalue weighted by Crippen LogP contribution is 2.57. The number of ether oxygens (including phenoxy) is 5. The van der Waals surface area contributed by atoms with Crippen molar-refractivity contribution in [2.24, 2.45) is 0 Å². The van der Waals surface area contributed by atoms with Gasteiger partial charge in [-0.1, -0.05) is 66.7 Å². The Morgan fingerprint density at radius 3 is 2.02 bits per heavy atom. The van der Waals surface area contributed by atoms with Crippen molar-refractivity contribution >= 4 is 18.0 Å². The van der Waals surface area contributed by atoms with E-state index in [0.717, 1.165) is 22.3 Å². The quantitative estimate of drug-likeness (QED) is 0.155. The van der Waals surface area contributed by atoms with Crippen LogP contribution in [0.15, 0.2) is 109 Å². The van der Waals surface area contributed by atoms with Gasteiger partial charge in [-0.05, 0) is 59.5 Å². The molecule has 0 saturated heterocycles. The van der Waals surface area contributed by atoms with Crippen molar-refractivity contribution in [3.05, 3.63) is 143 Å². The van der Waals surface area contributed by atoms with Gasteiger partial charge in [-0.15, -0.1) is 0 Å². The molecule has 0 radical (unpaired) electrons. The normalized spacial score (nSPS) is 17.1. The van der Waals surface area contributed by atoms with E-state index in [0.29, 0.717) is 39.5 Å². The average molecular weight is 640 g/mol. The van der Waals surface area contributed by atoms with E-state index in [1.165, 1.54) is 6.92 Å². The number of methoxy groups -OCH3 is 1. The monoisotopic (exact) mass is 639 g/mol. The van der Waals surface area contributed by atoms with Crippen LogP contribution in [0.1, 0.15) is 51.0 Å². The lowest BCUT2D eigenvalue weighted by molar-refractivity contribution is -0.136. The Hall–Kier alpha value is -6.09. The molecule has 8 rings (SSSR count). The first-order valence-corrected chi connectivity index (χ1v) is 15.5. The summed E-state index contributed by atoms with van der Waals surface area (Å²) in [5, 5.41) is 2.58. The van der Waals surface area contributed by atoms with Crippen LogP contribution in [0.3, 0.4) is 0 Å². The van der Waals surface area contributed by atoms with E-state index < -0.39 is 29.7 Å². The fourth-order valence-corrected chi connectivity index (χ4v) is 6.91. The van der Waals surface area contributed by atoms with Crippen LogP contribution in [-0.2, 0) is 19.9 Å². The van der Waals surface area contributed by atoms with Gasteiger partial charge in [0, 0.05) is 34.7 Å². The van der Waals surface area contributed by atoms with Crippen molar-refractivity contribution in [1.82, 2.24) is 5.32 Å². The van der Waals surface area contributed by atoms with E-state index >= 15 is 0 Å². The highest BCUT2D eigenvalue weighted by molar-refractivity contribution is 5.97. The molecule has 0 saturated carbocycles. The molecule has 2 heterocycles. The summed E-state index contributed by atoms with van der Waals surface area (Å²) >= 11 is 0. The SMILES string of the molecule is COc1ccc2c(c1)Oc1cc(OC(=O)[C@H](C)NC(=O)OCC3c4ccccc4-c4ccccc43)ccc1C21OC(=O)c2ccccc21. The minimum atomic E-state index is -1.27. The van der Waals surface area contributed by atoms with Gasteiger partial charge >= 0.3 is 18.0 Å². The summed E-state index contributed by atoms with van der Waals surface area (Å²) in [6.07, 6.45) is -0.732. The molecule has 0 fully saturated rings. The second kappa shape index (κ2) is 11.3. The summed E-state index contributed by atoms with van der Waals surface area (Å²) < 4.78 is 29.1. The van der Waals surface area contributed by atoms with Crippen molar-refractivity contribution in [3.63, 3.8) is 0 Å². The van der Waals surface area contributed by atoms with Crippen LogP contribution in [0.4, 0.5) is 4.79 Å². The third-order valence-electron chi connectivity index (χ3n) is 9.14. The molecular formula is C39H29NO8. The second-order valence-corrected chi connectivity index (χ2v) is 11.9. The first-order chi connectivity index (χ1) is 23.4. The number of esters is 2. The number of benzene rings is 5.